The van der Waals surface area contributed by atoms with Gasteiger partial charge >= 0.3 is 0 Å². The van der Waals surface area contributed by atoms with E-state index in [2.05, 4.69) is 18.3 Å². The lowest BCUT2D eigenvalue weighted by atomic mass is 10.3. The molecule has 0 spiro atoms. The van der Waals surface area contributed by atoms with Crippen LogP contribution in [0.3, 0.4) is 0 Å². The molecule has 0 aromatic rings. The van der Waals surface area contributed by atoms with Gasteiger partial charge in [-0.2, -0.15) is 0 Å². The molecule has 0 aromatic carbocycles. The van der Waals surface area contributed by atoms with Crippen molar-refractivity contribution in [3.8, 4) is 0 Å². The van der Waals surface area contributed by atoms with E-state index in [0.717, 1.165) is 0 Å². The van der Waals surface area contributed by atoms with Crippen LogP contribution in [0.1, 0.15) is 0 Å². The van der Waals surface area contributed by atoms with Crippen molar-refractivity contribution in [3.05, 3.63) is 24.4 Å². The van der Waals surface area contributed by atoms with Crippen molar-refractivity contribution in [3.63, 3.8) is 0 Å². The maximum Gasteiger partial charge on any atom is 0.0676 e. The predicted molar refractivity (Wildman–Crippen MR) is 34.9 cm³/mol. The number of rotatable bonds is 3. The zero-order valence-corrected chi connectivity index (χ0v) is 4.67. The molecule has 0 saturated heterocycles. The predicted octanol–water partition coefficient (Wildman–Crippen LogP) is 0.749. The standard InChI is InChI=1S/C6H9NO/c1-6(5-8)3-4-7-2/h3-4,8H,1-2,5H2/b4-3-. The quantitative estimate of drug-likeness (QED) is 0.423. The Morgan fingerprint density at radius 2 is 2.38 bits per heavy atom. The topological polar surface area (TPSA) is 32.6 Å². The fraction of sp³-hybridized carbons (Fsp3) is 0.167. The number of nitrogens with zero attached hydrogens (tertiary/aromatic N) is 1. The second-order valence-corrected chi connectivity index (χ2v) is 1.31. The first-order valence-electron chi connectivity index (χ1n) is 2.22. The van der Waals surface area contributed by atoms with Gasteiger partial charge in [-0.25, -0.2) is 0 Å². The summed E-state index contributed by atoms with van der Waals surface area (Å²) in [4.78, 5) is 3.42. The van der Waals surface area contributed by atoms with Gasteiger partial charge in [0.25, 0.3) is 0 Å². The van der Waals surface area contributed by atoms with Crippen LogP contribution in [-0.2, 0) is 0 Å². The smallest absolute Gasteiger partial charge is 0.0676 e. The SMILES string of the molecule is C=N/C=C\C(=C)CO. The third kappa shape index (κ3) is 3.31. The summed E-state index contributed by atoms with van der Waals surface area (Å²) in [5.41, 5.74) is 0.636. The van der Waals surface area contributed by atoms with Crippen molar-refractivity contribution in [2.75, 3.05) is 6.61 Å². The molecule has 0 amide bonds. The third-order valence-electron chi connectivity index (χ3n) is 0.619. The minimum Gasteiger partial charge on any atom is -0.392 e. The van der Waals surface area contributed by atoms with E-state index in [0.29, 0.717) is 5.57 Å². The summed E-state index contributed by atoms with van der Waals surface area (Å²) in [6.07, 6.45) is 3.09. The zero-order chi connectivity index (χ0) is 6.41. The Bertz CT molecular complexity index is 116. The lowest BCUT2D eigenvalue weighted by Gasteiger charge is -1.85. The number of aliphatic hydroxyl groups excluding tert-OH is 1. The molecule has 0 aliphatic rings. The Kier molecular flexibility index (Phi) is 3.80. The minimum absolute atomic E-state index is 0.0218. The molecule has 2 nitrogen and oxygen atoms in total. The molecule has 0 heterocycles. The number of hydrogen-bond acceptors (Lipinski definition) is 2. The van der Waals surface area contributed by atoms with Gasteiger partial charge in [0.2, 0.25) is 0 Å². The third-order valence-corrected chi connectivity index (χ3v) is 0.619. The monoisotopic (exact) mass is 111 g/mol. The second-order valence-electron chi connectivity index (χ2n) is 1.31. The summed E-state index contributed by atoms with van der Waals surface area (Å²) >= 11 is 0. The van der Waals surface area contributed by atoms with Gasteiger partial charge in [0.15, 0.2) is 0 Å². The summed E-state index contributed by atoms with van der Waals surface area (Å²) in [5, 5.41) is 8.35. The molecule has 0 saturated carbocycles. The van der Waals surface area contributed by atoms with Gasteiger partial charge in [0, 0.05) is 6.20 Å². The average molecular weight is 111 g/mol. The molecule has 44 valence electrons. The van der Waals surface area contributed by atoms with Crippen molar-refractivity contribution in [2.45, 2.75) is 0 Å². The lowest BCUT2D eigenvalue weighted by molar-refractivity contribution is 0.335. The highest BCUT2D eigenvalue weighted by Gasteiger charge is 1.77. The van der Waals surface area contributed by atoms with E-state index < -0.39 is 0 Å². The van der Waals surface area contributed by atoms with E-state index in [4.69, 9.17) is 5.11 Å². The van der Waals surface area contributed by atoms with Crippen molar-refractivity contribution in [2.24, 2.45) is 4.99 Å². The molecule has 0 radical (unpaired) electrons. The van der Waals surface area contributed by atoms with Crippen LogP contribution in [0.15, 0.2) is 29.4 Å². The molecule has 0 bridgehead atoms. The van der Waals surface area contributed by atoms with Crippen molar-refractivity contribution in [1.29, 1.82) is 0 Å². The number of hydrogen-bond donors (Lipinski definition) is 1. The van der Waals surface area contributed by atoms with Crippen LogP contribution in [0.4, 0.5) is 0 Å². The highest BCUT2D eigenvalue weighted by Crippen LogP contribution is 1.88. The molecule has 1 N–H and O–H groups in total. The molecule has 0 aliphatic carbocycles. The van der Waals surface area contributed by atoms with Crippen LogP contribution < -0.4 is 0 Å². The van der Waals surface area contributed by atoms with E-state index in [9.17, 15) is 0 Å². The van der Waals surface area contributed by atoms with Gasteiger partial charge in [-0.05, 0) is 18.4 Å². The van der Waals surface area contributed by atoms with Crippen LogP contribution in [0, 0.1) is 0 Å². The first-order valence-corrected chi connectivity index (χ1v) is 2.22. The molecule has 0 fully saturated rings. The Labute approximate surface area is 48.9 Å². The lowest BCUT2D eigenvalue weighted by Crippen LogP contribution is -1.80. The maximum atomic E-state index is 8.35. The Morgan fingerprint density at radius 3 is 2.75 bits per heavy atom. The molecular weight excluding hydrogens is 102 g/mol. The van der Waals surface area contributed by atoms with Crippen LogP contribution in [0.2, 0.25) is 0 Å². The first-order chi connectivity index (χ1) is 3.81. The van der Waals surface area contributed by atoms with Gasteiger partial charge in [-0.1, -0.05) is 6.58 Å². The second kappa shape index (κ2) is 4.27. The Hall–Kier alpha value is -0.890. The van der Waals surface area contributed by atoms with Crippen LogP contribution in [0.25, 0.3) is 0 Å². The van der Waals surface area contributed by atoms with Crippen molar-refractivity contribution in [1.82, 2.24) is 0 Å². The number of aliphatic hydroxyl groups is 1. The fourth-order valence-electron chi connectivity index (χ4n) is 0.211. The molecule has 2 heteroatoms. The molecule has 0 unspecified atom stereocenters. The normalized spacial score (nSPS) is 9.62. The fourth-order valence-corrected chi connectivity index (χ4v) is 0.211. The molecule has 0 rings (SSSR count). The summed E-state index contributed by atoms with van der Waals surface area (Å²) in [7, 11) is 0. The van der Waals surface area contributed by atoms with E-state index in [1.165, 1.54) is 6.20 Å². The van der Waals surface area contributed by atoms with Crippen molar-refractivity contribution >= 4 is 6.72 Å². The van der Waals surface area contributed by atoms with E-state index >= 15 is 0 Å². The van der Waals surface area contributed by atoms with Gasteiger partial charge in [-0.3, -0.25) is 4.99 Å². The van der Waals surface area contributed by atoms with Gasteiger partial charge in [-0.15, -0.1) is 0 Å². The molecule has 0 atom stereocenters. The van der Waals surface area contributed by atoms with E-state index in [-0.39, 0.29) is 6.61 Å². The summed E-state index contributed by atoms with van der Waals surface area (Å²) in [6, 6.07) is 0. The van der Waals surface area contributed by atoms with E-state index in [1.807, 2.05) is 0 Å². The molecule has 8 heavy (non-hydrogen) atoms. The Balaban J connectivity index is 3.52. The average Bonchev–Trinajstić information content (AvgIpc) is 1.83. The summed E-state index contributed by atoms with van der Waals surface area (Å²) in [6.45, 7) is 6.67. The van der Waals surface area contributed by atoms with Crippen LogP contribution >= 0.6 is 0 Å². The maximum absolute atomic E-state index is 8.35. The van der Waals surface area contributed by atoms with Gasteiger partial charge < -0.3 is 5.11 Å². The largest absolute Gasteiger partial charge is 0.392 e. The Morgan fingerprint density at radius 1 is 1.75 bits per heavy atom. The molecule has 0 aliphatic heterocycles. The summed E-state index contributed by atoms with van der Waals surface area (Å²) < 4.78 is 0. The highest BCUT2D eigenvalue weighted by atomic mass is 16.3. The van der Waals surface area contributed by atoms with Gasteiger partial charge in [0.1, 0.15) is 0 Å². The summed E-state index contributed by atoms with van der Waals surface area (Å²) in [5.74, 6) is 0. The van der Waals surface area contributed by atoms with Crippen molar-refractivity contribution < 1.29 is 5.11 Å². The minimum atomic E-state index is -0.0218. The molecule has 0 aromatic heterocycles. The first kappa shape index (κ1) is 7.11. The van der Waals surface area contributed by atoms with Gasteiger partial charge in [0.05, 0.1) is 6.61 Å². The number of aliphatic imine (C=N–C) groups is 1. The van der Waals surface area contributed by atoms with Crippen LogP contribution in [0.5, 0.6) is 0 Å². The highest BCUT2D eigenvalue weighted by molar-refractivity contribution is 5.27. The van der Waals surface area contributed by atoms with E-state index in [1.54, 1.807) is 6.08 Å². The van der Waals surface area contributed by atoms with Crippen LogP contribution in [-0.4, -0.2) is 18.4 Å². The zero-order valence-electron chi connectivity index (χ0n) is 4.67. The molecular formula is C6H9NO.